The zero-order chi connectivity index (χ0) is 49.1. The van der Waals surface area contributed by atoms with Crippen LogP contribution in [-0.2, 0) is 40.9 Å². The third-order valence-corrected chi connectivity index (χ3v) is 11.0. The molecule has 3 N–H and O–H groups in total. The van der Waals surface area contributed by atoms with Crippen molar-refractivity contribution in [2.45, 2.75) is 139 Å². The Morgan fingerprint density at radius 3 is 1.27 bits per heavy atom. The molecule has 0 radical (unpaired) electrons. The van der Waals surface area contributed by atoms with Crippen molar-refractivity contribution in [3.05, 3.63) is 97.2 Å². The fraction of sp³-hybridized carbons (Fsp3) is 0.476. The van der Waals surface area contributed by atoms with Crippen LogP contribution in [0.3, 0.4) is 0 Å². The van der Waals surface area contributed by atoms with Gasteiger partial charge in [-0.1, -0.05) is 74.1 Å². The first-order valence-electron chi connectivity index (χ1n) is 19.7. The second kappa shape index (κ2) is 23.1. The van der Waals surface area contributed by atoms with E-state index in [0.717, 1.165) is 0 Å². The average molecular weight is 962 g/mol. The summed E-state index contributed by atoms with van der Waals surface area (Å²) in [5.41, 5.74) is -0.992. The Labute approximate surface area is 382 Å². The smallest absolute Gasteiger partial charge is 0.337 e. The molecular weight excluding hydrogens is 907 g/mol. The van der Waals surface area contributed by atoms with E-state index in [1.807, 2.05) is 41.5 Å². The van der Waals surface area contributed by atoms with Gasteiger partial charge in [0, 0.05) is 45.6 Å². The van der Waals surface area contributed by atoms with Crippen LogP contribution >= 0.6 is 24.4 Å². The van der Waals surface area contributed by atoms with Crippen LogP contribution in [0.2, 0.25) is 0 Å². The topological polar surface area (TPSA) is 286 Å². The van der Waals surface area contributed by atoms with Gasteiger partial charge in [0.1, 0.15) is 16.2 Å². The molecule has 0 aromatic carbocycles. The van der Waals surface area contributed by atoms with E-state index >= 15 is 0 Å². The van der Waals surface area contributed by atoms with Crippen molar-refractivity contribution in [3.63, 3.8) is 0 Å². The number of H-pyrrole nitrogens is 3. The predicted octanol–water partition coefficient (Wildman–Crippen LogP) is 6.09. The van der Waals surface area contributed by atoms with E-state index in [0.29, 0.717) is 46.5 Å². The molecule has 0 aliphatic rings. The number of nitrogens with zero attached hydrogens (tertiary/aromatic N) is 4. The first-order chi connectivity index (χ1) is 29.5. The number of thiol groups is 1. The van der Waals surface area contributed by atoms with Crippen molar-refractivity contribution in [1.29, 1.82) is 5.26 Å². The van der Waals surface area contributed by atoms with Crippen molar-refractivity contribution in [1.82, 2.24) is 29.9 Å². The van der Waals surface area contributed by atoms with Crippen molar-refractivity contribution in [2.75, 3.05) is 6.26 Å². The van der Waals surface area contributed by atoms with Crippen LogP contribution in [0.5, 0.6) is 0 Å². The van der Waals surface area contributed by atoms with Crippen LogP contribution in [0.4, 0.5) is 0 Å². The number of rotatable bonds is 6. The summed E-state index contributed by atoms with van der Waals surface area (Å²) in [6.07, 6.45) is 2.99. The number of nitrogens with one attached hydrogen (secondary N) is 3. The minimum Gasteiger partial charge on any atom is -0.403 e. The molecule has 6 heterocycles. The molecule has 0 saturated heterocycles. The second-order valence-electron chi connectivity index (χ2n) is 16.4. The Kier molecular flexibility index (Phi) is 19.8. The summed E-state index contributed by atoms with van der Waals surface area (Å²) in [4.78, 5) is 90.0. The van der Waals surface area contributed by atoms with E-state index in [1.165, 1.54) is 43.1 Å². The molecule has 18 nitrogen and oxygen atoms in total. The Morgan fingerprint density at radius 1 is 0.641 bits per heavy atom. The molecule has 0 saturated carbocycles. The highest BCUT2D eigenvalue weighted by molar-refractivity contribution is 8.00. The van der Waals surface area contributed by atoms with Gasteiger partial charge in [-0.25, -0.2) is 14.4 Å². The van der Waals surface area contributed by atoms with Crippen molar-refractivity contribution in [2.24, 2.45) is 0 Å². The van der Waals surface area contributed by atoms with Crippen molar-refractivity contribution >= 4 is 79.3 Å². The van der Waals surface area contributed by atoms with Crippen LogP contribution in [0.15, 0.2) is 75.7 Å². The summed E-state index contributed by atoms with van der Waals surface area (Å²) in [7, 11) is -2.95. The second-order valence-corrected chi connectivity index (χ2v) is 23.0. The van der Waals surface area contributed by atoms with Gasteiger partial charge in [-0.05, 0) is 56.7 Å². The fourth-order valence-electron chi connectivity index (χ4n) is 5.08. The number of hydrogen-bond acceptors (Lipinski definition) is 17. The summed E-state index contributed by atoms with van der Waals surface area (Å²) in [5, 5.41) is 8.63. The molecule has 6 rings (SSSR count). The molecule has 0 bridgehead atoms. The molecule has 2 atom stereocenters. The van der Waals surface area contributed by atoms with E-state index in [4.69, 9.17) is 18.5 Å². The predicted molar refractivity (Wildman–Crippen MR) is 255 cm³/mol. The highest BCUT2D eigenvalue weighted by Crippen LogP contribution is 2.29. The molecule has 22 heteroatoms. The Hall–Kier alpha value is -5.24. The largest absolute Gasteiger partial charge is 0.403 e. The van der Waals surface area contributed by atoms with Crippen LogP contribution < -0.4 is 33.6 Å². The molecule has 0 fully saturated rings. The van der Waals surface area contributed by atoms with E-state index in [1.54, 1.807) is 26.8 Å². The number of hydrogen-bond donors (Lipinski definition) is 4. The lowest BCUT2D eigenvalue weighted by Gasteiger charge is -2.16. The van der Waals surface area contributed by atoms with E-state index < -0.39 is 54.3 Å². The van der Waals surface area contributed by atoms with Gasteiger partial charge in [-0.2, -0.15) is 32.8 Å². The third kappa shape index (κ3) is 16.4. The SMILES string of the molecule is CC#N.CC(C)(C)S.CCc1cc(=O)oc2nc(S(=O)C(C)(C)C)[nH]c(=O)c12.CCc1cc(=O)oc2nc(S(C)=O)[nH]c(=O)c12.CCc1cc(=O)oc2nc(SC(C)(C)C)[nH]c(=O)c12. The van der Waals surface area contributed by atoms with Gasteiger partial charge in [0.05, 0.1) is 27.7 Å². The van der Waals surface area contributed by atoms with Crippen molar-refractivity contribution < 1.29 is 21.7 Å². The van der Waals surface area contributed by atoms with Gasteiger partial charge in [0.15, 0.2) is 5.16 Å². The lowest BCUT2D eigenvalue weighted by molar-refractivity contribution is 0.539. The van der Waals surface area contributed by atoms with E-state index in [-0.39, 0.29) is 53.3 Å². The summed E-state index contributed by atoms with van der Waals surface area (Å²) < 4.78 is 37.9. The molecule has 0 aliphatic carbocycles. The lowest BCUT2D eigenvalue weighted by atomic mass is 10.1. The molecule has 0 aliphatic heterocycles. The third-order valence-electron chi connectivity index (χ3n) is 7.57. The maximum Gasteiger partial charge on any atom is 0.337 e. The number of aryl methyl sites for hydroxylation is 3. The minimum atomic E-state index is -1.51. The number of nitriles is 1. The zero-order valence-electron chi connectivity index (χ0n) is 38.3. The lowest BCUT2D eigenvalue weighted by Crippen LogP contribution is -2.26. The minimum absolute atomic E-state index is 0.00102. The van der Waals surface area contributed by atoms with E-state index in [9.17, 15) is 37.2 Å². The van der Waals surface area contributed by atoms with Gasteiger partial charge in [0.25, 0.3) is 16.7 Å². The molecule has 0 spiro atoms. The monoisotopic (exact) mass is 961 g/mol. The Bertz CT molecular complexity index is 3060. The molecule has 6 aromatic heterocycles. The van der Waals surface area contributed by atoms with Crippen molar-refractivity contribution in [3.8, 4) is 6.07 Å². The van der Waals surface area contributed by atoms with Crippen LogP contribution in [-0.4, -0.2) is 58.8 Å². The van der Waals surface area contributed by atoms with E-state index in [2.05, 4.69) is 63.3 Å². The number of thioether (sulfide) groups is 1. The normalized spacial score (nSPS) is 12.3. The number of aromatic amines is 3. The Morgan fingerprint density at radius 2 is 0.953 bits per heavy atom. The fourth-order valence-corrected chi connectivity index (χ4v) is 7.31. The summed E-state index contributed by atoms with van der Waals surface area (Å²) in [6.45, 7) is 24.5. The maximum absolute atomic E-state index is 12.3. The number of aromatic nitrogens is 6. The summed E-state index contributed by atoms with van der Waals surface area (Å²) in [5.74, 6) is 0. The average Bonchev–Trinajstić information content (AvgIpc) is 3.15. The maximum atomic E-state index is 12.3. The first kappa shape index (κ1) is 54.9. The number of fused-ring (bicyclic) bond motifs is 3. The Balaban J connectivity index is 0.000000304. The molecule has 348 valence electrons. The van der Waals surface area contributed by atoms with Gasteiger partial charge in [-0.3, -0.25) is 32.8 Å². The molecule has 64 heavy (non-hydrogen) atoms. The molecule has 2 unspecified atom stereocenters. The molecule has 6 aromatic rings. The first-order valence-corrected chi connectivity index (χ1v) is 23.6. The zero-order valence-corrected chi connectivity index (χ0v) is 41.6. The van der Waals surface area contributed by atoms with Gasteiger partial charge >= 0.3 is 16.9 Å². The summed E-state index contributed by atoms with van der Waals surface area (Å²) >= 11 is 5.54. The van der Waals surface area contributed by atoms with Gasteiger partial charge in [-0.15, -0.1) is 0 Å². The van der Waals surface area contributed by atoms with Crippen LogP contribution in [0.25, 0.3) is 33.3 Å². The highest BCUT2D eigenvalue weighted by Gasteiger charge is 2.25. The van der Waals surface area contributed by atoms with Gasteiger partial charge < -0.3 is 18.2 Å². The highest BCUT2D eigenvalue weighted by atomic mass is 32.2. The standard InChI is InChI=1S/C13H16N2O4S.C13H16N2O3S.C10H10N2O4S.C4H10S.C2H3N/c1-5-7-6-8(16)19-11-9(7)10(17)14-12(15-11)20(18)13(2,3)4;1-5-7-6-8(16)18-11-9(7)10(17)14-12(15-11)19-13(2,3)4;1-3-5-4-6(13)16-9-7(5)8(14)11-10(12-9)17(2)15;1-4(2,3)5;1-2-3/h6H,5H2,1-4H3,(H,14,15,17);6H,5H2,1-4H3,(H,14,15,17);4H,3H2,1-2H3,(H,11,12,14);5H,1-3H3;1H3. The summed E-state index contributed by atoms with van der Waals surface area (Å²) in [6, 6.07) is 5.64. The van der Waals surface area contributed by atoms with Crippen LogP contribution in [0, 0.1) is 11.3 Å². The van der Waals surface area contributed by atoms with Gasteiger partial charge in [0.2, 0.25) is 27.5 Å². The quantitative estimate of drug-likeness (QED) is 0.0834. The van der Waals surface area contributed by atoms with Crippen LogP contribution in [0.1, 0.15) is 107 Å². The molecule has 0 amide bonds. The molecular formula is C42H55N7O11S4.